The number of ketones is 1. The van der Waals surface area contributed by atoms with Crippen LogP contribution >= 0.6 is 0 Å². The molecule has 0 saturated heterocycles. The summed E-state index contributed by atoms with van der Waals surface area (Å²) in [6.07, 6.45) is 7.88. The van der Waals surface area contributed by atoms with E-state index in [1.54, 1.807) is 0 Å². The lowest BCUT2D eigenvalue weighted by Gasteiger charge is -2.04. The molecule has 1 nitrogen and oxygen atoms in total. The quantitative estimate of drug-likeness (QED) is 0.572. The Balaban J connectivity index is -0.000000605. The van der Waals surface area contributed by atoms with E-state index < -0.39 is 0 Å². The van der Waals surface area contributed by atoms with E-state index in [0.29, 0.717) is 12.2 Å². The van der Waals surface area contributed by atoms with Crippen LogP contribution < -0.4 is 0 Å². The predicted octanol–water partition coefficient (Wildman–Crippen LogP) is 4.62. The van der Waals surface area contributed by atoms with E-state index >= 15 is 0 Å². The van der Waals surface area contributed by atoms with Gasteiger partial charge in [-0.15, -0.1) is 0 Å². The molecular weight excluding hydrogens is 172 g/mol. The summed E-state index contributed by atoms with van der Waals surface area (Å²) in [6.45, 7) is 6.17. The summed E-state index contributed by atoms with van der Waals surface area (Å²) in [6, 6.07) is 0. The zero-order valence-corrected chi connectivity index (χ0v) is 8.47. The molecule has 0 N–H and O–H groups in total. The van der Waals surface area contributed by atoms with E-state index in [-0.39, 0.29) is 20.8 Å². The molecule has 1 unspecified atom stereocenters. The van der Waals surface area contributed by atoms with Gasteiger partial charge in [-0.3, -0.25) is 4.79 Å². The van der Waals surface area contributed by atoms with Crippen molar-refractivity contribution in [1.29, 1.82) is 0 Å². The van der Waals surface area contributed by atoms with Gasteiger partial charge in [0.05, 0.1) is 0 Å². The van der Waals surface area contributed by atoms with Crippen LogP contribution in [-0.2, 0) is 4.79 Å². The third-order valence-corrected chi connectivity index (χ3v) is 2.12. The van der Waals surface area contributed by atoms with Crippen LogP contribution in [0.25, 0.3) is 0 Å². The average Bonchev–Trinajstić information content (AvgIpc) is 2.10. The van der Waals surface area contributed by atoms with Gasteiger partial charge < -0.3 is 0 Å². The van der Waals surface area contributed by atoms with Crippen molar-refractivity contribution < 1.29 is 4.79 Å². The SMILES string of the molecule is C.C.CCC=CCCC(=O)C(C)CC. The van der Waals surface area contributed by atoms with Crippen molar-refractivity contribution in [2.45, 2.75) is 61.3 Å². The highest BCUT2D eigenvalue weighted by Crippen LogP contribution is 2.07. The normalized spacial score (nSPS) is 11.6. The Labute approximate surface area is 90.6 Å². The van der Waals surface area contributed by atoms with Gasteiger partial charge in [-0.05, 0) is 19.3 Å². The summed E-state index contributed by atoms with van der Waals surface area (Å²) in [7, 11) is 0. The lowest BCUT2D eigenvalue weighted by molar-refractivity contribution is -0.122. The first-order valence-corrected chi connectivity index (χ1v) is 4.90. The van der Waals surface area contributed by atoms with Crippen molar-refractivity contribution in [1.82, 2.24) is 0 Å². The predicted molar refractivity (Wildman–Crippen MR) is 66.6 cm³/mol. The monoisotopic (exact) mass is 200 g/mol. The summed E-state index contributed by atoms with van der Waals surface area (Å²) < 4.78 is 0. The molecule has 0 rings (SSSR count). The van der Waals surface area contributed by atoms with Crippen molar-refractivity contribution >= 4 is 5.78 Å². The van der Waals surface area contributed by atoms with Crippen LogP contribution in [-0.4, -0.2) is 5.78 Å². The number of hydrogen-bond acceptors (Lipinski definition) is 1. The maximum Gasteiger partial charge on any atom is 0.135 e. The highest BCUT2D eigenvalue weighted by molar-refractivity contribution is 5.80. The van der Waals surface area contributed by atoms with Gasteiger partial charge in [0, 0.05) is 12.3 Å². The molecule has 0 aliphatic heterocycles. The number of Topliss-reactive ketones (excluding diaryl/α,β-unsaturated/α-hetero) is 1. The molecule has 0 aliphatic rings. The van der Waals surface area contributed by atoms with Crippen LogP contribution in [0.3, 0.4) is 0 Å². The maximum atomic E-state index is 11.3. The number of allylic oxidation sites excluding steroid dienone is 2. The van der Waals surface area contributed by atoms with Gasteiger partial charge >= 0.3 is 0 Å². The highest BCUT2D eigenvalue weighted by atomic mass is 16.1. The summed E-state index contributed by atoms with van der Waals surface area (Å²) in [5, 5.41) is 0. The van der Waals surface area contributed by atoms with Crippen molar-refractivity contribution in [3.63, 3.8) is 0 Å². The second-order valence-electron chi connectivity index (χ2n) is 3.19. The zero-order valence-electron chi connectivity index (χ0n) is 8.47. The van der Waals surface area contributed by atoms with E-state index in [9.17, 15) is 4.79 Å². The molecule has 0 radical (unpaired) electrons. The van der Waals surface area contributed by atoms with Crippen LogP contribution in [0.2, 0.25) is 0 Å². The van der Waals surface area contributed by atoms with E-state index in [2.05, 4.69) is 26.0 Å². The van der Waals surface area contributed by atoms with Gasteiger partial charge in [0.2, 0.25) is 0 Å². The summed E-state index contributed by atoms with van der Waals surface area (Å²) in [5.41, 5.74) is 0. The molecule has 0 aromatic heterocycles. The molecule has 0 aromatic carbocycles. The number of carbonyl (C=O) groups excluding carboxylic acids is 1. The molecular formula is C13H28O. The fourth-order valence-corrected chi connectivity index (χ4v) is 0.984. The summed E-state index contributed by atoms with van der Waals surface area (Å²) in [5.74, 6) is 0.651. The Bertz CT molecular complexity index is 147. The minimum Gasteiger partial charge on any atom is -0.299 e. The standard InChI is InChI=1S/C11H20O.2CH4/c1-4-6-7-8-9-11(12)10(3)5-2;;/h6-7,10H,4-5,8-9H2,1-3H3;2*1H4. The molecule has 0 aromatic rings. The minimum absolute atomic E-state index is 0. The average molecular weight is 200 g/mol. The number of carbonyl (C=O) groups is 1. The molecule has 0 aliphatic carbocycles. The molecule has 86 valence electrons. The first kappa shape index (κ1) is 19.1. The first-order chi connectivity index (χ1) is 5.72. The van der Waals surface area contributed by atoms with Crippen LogP contribution in [0.15, 0.2) is 12.2 Å². The van der Waals surface area contributed by atoms with Gasteiger partial charge in [-0.25, -0.2) is 0 Å². The fraction of sp³-hybridized carbons (Fsp3) is 0.769. The van der Waals surface area contributed by atoms with Gasteiger partial charge in [-0.2, -0.15) is 0 Å². The second kappa shape index (κ2) is 12.4. The zero-order chi connectivity index (χ0) is 9.40. The molecule has 0 saturated carbocycles. The molecule has 0 fully saturated rings. The highest BCUT2D eigenvalue weighted by Gasteiger charge is 2.08. The third kappa shape index (κ3) is 9.50. The fourth-order valence-electron chi connectivity index (χ4n) is 0.984. The Morgan fingerprint density at radius 1 is 1.21 bits per heavy atom. The lowest BCUT2D eigenvalue weighted by atomic mass is 10.00. The van der Waals surface area contributed by atoms with Crippen molar-refractivity contribution in [2.24, 2.45) is 5.92 Å². The van der Waals surface area contributed by atoms with Crippen molar-refractivity contribution in [3.8, 4) is 0 Å². The smallest absolute Gasteiger partial charge is 0.135 e. The Kier molecular flexibility index (Phi) is 16.9. The van der Waals surface area contributed by atoms with Crippen LogP contribution in [0.4, 0.5) is 0 Å². The molecule has 0 spiro atoms. The Morgan fingerprint density at radius 3 is 2.21 bits per heavy atom. The van der Waals surface area contributed by atoms with Crippen LogP contribution in [0.5, 0.6) is 0 Å². The largest absolute Gasteiger partial charge is 0.299 e. The minimum atomic E-state index is 0. The second-order valence-corrected chi connectivity index (χ2v) is 3.19. The first-order valence-electron chi connectivity index (χ1n) is 4.90. The number of rotatable bonds is 6. The van der Waals surface area contributed by atoms with E-state index in [1.165, 1.54) is 0 Å². The van der Waals surface area contributed by atoms with Crippen molar-refractivity contribution in [3.05, 3.63) is 12.2 Å². The molecule has 0 amide bonds. The van der Waals surface area contributed by atoms with Crippen LogP contribution in [0.1, 0.15) is 61.3 Å². The van der Waals surface area contributed by atoms with Crippen molar-refractivity contribution in [2.75, 3.05) is 0 Å². The van der Waals surface area contributed by atoms with Crippen LogP contribution in [0, 0.1) is 5.92 Å². The van der Waals surface area contributed by atoms with E-state index in [4.69, 9.17) is 0 Å². The van der Waals surface area contributed by atoms with E-state index in [1.807, 2.05) is 6.92 Å². The lowest BCUT2D eigenvalue weighted by Crippen LogP contribution is -2.08. The Morgan fingerprint density at radius 2 is 1.79 bits per heavy atom. The summed E-state index contributed by atoms with van der Waals surface area (Å²) in [4.78, 5) is 11.3. The summed E-state index contributed by atoms with van der Waals surface area (Å²) >= 11 is 0. The molecule has 0 bridgehead atoms. The van der Waals surface area contributed by atoms with Gasteiger partial charge in [0.25, 0.3) is 0 Å². The molecule has 0 heterocycles. The maximum absolute atomic E-state index is 11.3. The van der Waals surface area contributed by atoms with Gasteiger partial charge in [-0.1, -0.05) is 47.8 Å². The number of hydrogen-bond donors (Lipinski definition) is 0. The van der Waals surface area contributed by atoms with E-state index in [0.717, 1.165) is 19.3 Å². The van der Waals surface area contributed by atoms with Gasteiger partial charge in [0.15, 0.2) is 0 Å². The Hall–Kier alpha value is -0.590. The van der Waals surface area contributed by atoms with Gasteiger partial charge in [0.1, 0.15) is 5.78 Å². The topological polar surface area (TPSA) is 17.1 Å². The third-order valence-electron chi connectivity index (χ3n) is 2.12. The molecule has 14 heavy (non-hydrogen) atoms. The molecule has 1 heteroatoms. The molecule has 1 atom stereocenters.